The lowest BCUT2D eigenvalue weighted by molar-refractivity contribution is 0.109. The van der Waals surface area contributed by atoms with Crippen LogP contribution in [0.4, 0.5) is 0 Å². The summed E-state index contributed by atoms with van der Waals surface area (Å²) in [6, 6.07) is 0. The minimum Gasteiger partial charge on any atom is -0.377 e. The molecule has 0 radical (unpaired) electrons. The van der Waals surface area contributed by atoms with Gasteiger partial charge in [-0.25, -0.2) is 0 Å². The molecule has 0 aromatic carbocycles. The lowest BCUT2D eigenvalue weighted by Crippen LogP contribution is -2.61. The fraction of sp³-hybridized carbons (Fsp3) is 1.00. The Bertz CT molecular complexity index is 462. The Labute approximate surface area is 208 Å². The summed E-state index contributed by atoms with van der Waals surface area (Å²) in [7, 11) is 3.00. The van der Waals surface area contributed by atoms with E-state index in [0.717, 1.165) is 25.9 Å². The molecule has 0 aliphatic rings. The summed E-state index contributed by atoms with van der Waals surface area (Å²) >= 11 is 0. The van der Waals surface area contributed by atoms with E-state index in [1.165, 1.54) is 0 Å². The predicted octanol–water partition coefficient (Wildman–Crippen LogP) is 5.78. The second-order valence-corrected chi connectivity index (χ2v) is 22.9. The first kappa shape index (κ1) is 33.4. The van der Waals surface area contributed by atoms with Gasteiger partial charge in [0, 0.05) is 53.7 Å². The molecule has 33 heavy (non-hydrogen) atoms. The Morgan fingerprint density at radius 3 is 0.909 bits per heavy atom. The second kappa shape index (κ2) is 14.8. The quantitative estimate of drug-likeness (QED) is 0.210. The standard InChI is InChI=1S/C23H55NO6Si3/c1-19(2)31(20(3)4,21(5)6)24(17-15-22(7)32(25-9,26-10)27-11)18-16-23(8)33(28-12,29-13)30-14/h19-23H,15-18H2,1-14H3. The van der Waals surface area contributed by atoms with E-state index in [9.17, 15) is 0 Å². The van der Waals surface area contributed by atoms with Crippen LogP contribution in [-0.4, -0.2) is 86.2 Å². The van der Waals surface area contributed by atoms with Crippen LogP contribution < -0.4 is 0 Å². The maximum atomic E-state index is 5.79. The van der Waals surface area contributed by atoms with Gasteiger partial charge >= 0.3 is 17.6 Å². The molecule has 200 valence electrons. The van der Waals surface area contributed by atoms with Gasteiger partial charge in [0.1, 0.15) is 8.24 Å². The fourth-order valence-electron chi connectivity index (χ4n) is 6.35. The van der Waals surface area contributed by atoms with E-state index in [0.29, 0.717) is 16.6 Å². The Kier molecular flexibility index (Phi) is 15.0. The SMILES string of the molecule is CO[Si](OC)(OC)C(C)CCN(CCC(C)[Si](OC)(OC)OC)[Si](C(C)C)(C(C)C)C(C)C. The normalized spacial score (nSPS) is 15.8. The third kappa shape index (κ3) is 7.21. The maximum Gasteiger partial charge on any atom is 0.503 e. The molecular formula is C23H55NO6Si3. The van der Waals surface area contributed by atoms with Gasteiger partial charge in [0.2, 0.25) is 0 Å². The first-order chi connectivity index (χ1) is 15.3. The van der Waals surface area contributed by atoms with Crippen molar-refractivity contribution in [3.05, 3.63) is 0 Å². The molecule has 2 unspecified atom stereocenters. The molecular weight excluding hydrogens is 471 g/mol. The van der Waals surface area contributed by atoms with Crippen molar-refractivity contribution in [1.29, 1.82) is 0 Å². The number of hydrogen-bond donors (Lipinski definition) is 0. The van der Waals surface area contributed by atoms with Gasteiger partial charge in [-0.3, -0.25) is 0 Å². The van der Waals surface area contributed by atoms with E-state index < -0.39 is 25.8 Å². The Morgan fingerprint density at radius 1 is 0.485 bits per heavy atom. The fourth-order valence-corrected chi connectivity index (χ4v) is 18.0. The monoisotopic (exact) mass is 525 g/mol. The van der Waals surface area contributed by atoms with Crippen molar-refractivity contribution < 1.29 is 26.6 Å². The lowest BCUT2D eigenvalue weighted by atomic mass is 10.3. The molecule has 2 atom stereocenters. The van der Waals surface area contributed by atoms with Gasteiger partial charge in [0.25, 0.3) is 0 Å². The average molecular weight is 526 g/mol. The summed E-state index contributed by atoms with van der Waals surface area (Å²) in [4.78, 5) is 0. The predicted molar refractivity (Wildman–Crippen MR) is 144 cm³/mol. The zero-order valence-corrected chi connectivity index (χ0v) is 27.1. The number of hydrogen-bond acceptors (Lipinski definition) is 7. The Morgan fingerprint density at radius 2 is 0.727 bits per heavy atom. The largest absolute Gasteiger partial charge is 0.503 e. The summed E-state index contributed by atoms with van der Waals surface area (Å²) in [6.45, 7) is 20.9. The van der Waals surface area contributed by atoms with Crippen molar-refractivity contribution in [1.82, 2.24) is 4.57 Å². The molecule has 0 fully saturated rings. The van der Waals surface area contributed by atoms with Crippen molar-refractivity contribution in [3.8, 4) is 0 Å². The van der Waals surface area contributed by atoms with Gasteiger partial charge in [0.05, 0.1) is 0 Å². The zero-order chi connectivity index (χ0) is 26.0. The third-order valence-electron chi connectivity index (χ3n) is 7.90. The summed E-state index contributed by atoms with van der Waals surface area (Å²) in [5.74, 6) is 0. The van der Waals surface area contributed by atoms with Gasteiger partial charge in [-0.2, -0.15) is 0 Å². The van der Waals surface area contributed by atoms with Gasteiger partial charge < -0.3 is 31.1 Å². The van der Waals surface area contributed by atoms with Crippen LogP contribution in [0.5, 0.6) is 0 Å². The molecule has 7 nitrogen and oxygen atoms in total. The van der Waals surface area contributed by atoms with Gasteiger partial charge in [-0.05, 0) is 42.6 Å². The van der Waals surface area contributed by atoms with Gasteiger partial charge in [0.15, 0.2) is 0 Å². The molecule has 0 aliphatic heterocycles. The number of rotatable bonds is 18. The Balaban J connectivity index is 6.06. The van der Waals surface area contributed by atoms with E-state index in [-0.39, 0.29) is 11.1 Å². The van der Waals surface area contributed by atoms with Gasteiger partial charge in [-0.1, -0.05) is 55.4 Å². The molecule has 0 bridgehead atoms. The third-order valence-corrected chi connectivity index (χ3v) is 21.4. The highest BCUT2D eigenvalue weighted by Crippen LogP contribution is 2.45. The zero-order valence-electron chi connectivity index (χ0n) is 24.1. The van der Waals surface area contributed by atoms with E-state index in [1.807, 2.05) is 0 Å². The average Bonchev–Trinajstić information content (AvgIpc) is 2.77. The lowest BCUT2D eigenvalue weighted by Gasteiger charge is -2.52. The molecule has 0 amide bonds. The van der Waals surface area contributed by atoms with Crippen molar-refractivity contribution in [2.24, 2.45) is 0 Å². The molecule has 0 aromatic rings. The molecule has 0 heterocycles. The topological polar surface area (TPSA) is 58.6 Å². The van der Waals surface area contributed by atoms with E-state index in [4.69, 9.17) is 26.6 Å². The van der Waals surface area contributed by atoms with Crippen molar-refractivity contribution >= 4 is 25.8 Å². The summed E-state index contributed by atoms with van der Waals surface area (Å²) in [6.07, 6.45) is 1.94. The summed E-state index contributed by atoms with van der Waals surface area (Å²) in [5, 5.41) is 0. The second-order valence-electron chi connectivity index (χ2n) is 10.1. The van der Waals surface area contributed by atoms with Crippen LogP contribution in [0.1, 0.15) is 68.2 Å². The first-order valence-corrected chi connectivity index (χ1v) is 18.2. The van der Waals surface area contributed by atoms with Crippen molar-refractivity contribution in [3.63, 3.8) is 0 Å². The van der Waals surface area contributed by atoms with Crippen LogP contribution >= 0.6 is 0 Å². The molecule has 0 rings (SSSR count). The molecule has 0 aromatic heterocycles. The molecule has 0 saturated heterocycles. The smallest absolute Gasteiger partial charge is 0.377 e. The molecule has 10 heteroatoms. The van der Waals surface area contributed by atoms with E-state index in [2.05, 4.69) is 60.0 Å². The highest BCUT2D eigenvalue weighted by molar-refractivity contribution is 6.81. The van der Waals surface area contributed by atoms with Crippen LogP contribution in [0.3, 0.4) is 0 Å². The summed E-state index contributed by atoms with van der Waals surface area (Å²) in [5.41, 5.74) is 2.31. The number of nitrogens with zero attached hydrogens (tertiary/aromatic N) is 1. The summed E-state index contributed by atoms with van der Waals surface area (Å²) < 4.78 is 37.6. The molecule has 0 spiro atoms. The first-order valence-electron chi connectivity index (χ1n) is 12.4. The van der Waals surface area contributed by atoms with Crippen LogP contribution in [0.2, 0.25) is 27.7 Å². The highest BCUT2D eigenvalue weighted by atomic mass is 28.4. The maximum absolute atomic E-state index is 5.79. The minimum atomic E-state index is -2.68. The van der Waals surface area contributed by atoms with Crippen LogP contribution in [0.25, 0.3) is 0 Å². The molecule has 0 aliphatic carbocycles. The highest BCUT2D eigenvalue weighted by Gasteiger charge is 2.51. The van der Waals surface area contributed by atoms with Crippen LogP contribution in [0.15, 0.2) is 0 Å². The van der Waals surface area contributed by atoms with Crippen molar-refractivity contribution in [2.75, 3.05) is 55.7 Å². The van der Waals surface area contributed by atoms with Crippen LogP contribution in [0, 0.1) is 0 Å². The van der Waals surface area contributed by atoms with Gasteiger partial charge in [-0.15, -0.1) is 0 Å². The molecule has 0 N–H and O–H groups in total. The Hall–Kier alpha value is 0.371. The van der Waals surface area contributed by atoms with E-state index in [1.54, 1.807) is 42.7 Å². The minimum absolute atomic E-state index is 0.209. The van der Waals surface area contributed by atoms with Crippen molar-refractivity contribution in [2.45, 2.75) is 95.9 Å². The van der Waals surface area contributed by atoms with E-state index >= 15 is 0 Å². The molecule has 0 saturated carbocycles. The van der Waals surface area contributed by atoms with Crippen LogP contribution in [-0.2, 0) is 26.6 Å².